The van der Waals surface area contributed by atoms with E-state index in [1.54, 1.807) is 0 Å². The molecule has 1 saturated heterocycles. The summed E-state index contributed by atoms with van der Waals surface area (Å²) in [6, 6.07) is 0. The van der Waals surface area contributed by atoms with Crippen molar-refractivity contribution in [2.24, 2.45) is 5.92 Å². The van der Waals surface area contributed by atoms with Crippen LogP contribution < -0.4 is 0 Å². The Morgan fingerprint density at radius 3 is 2.27 bits per heavy atom. The van der Waals surface area contributed by atoms with Gasteiger partial charge in [0.15, 0.2) is 5.79 Å². The van der Waals surface area contributed by atoms with Crippen LogP contribution >= 0.6 is 0 Å². The summed E-state index contributed by atoms with van der Waals surface area (Å²) in [5, 5.41) is 9.41. The lowest BCUT2D eigenvalue weighted by molar-refractivity contribution is -0.258. The number of hydrogen-bond acceptors (Lipinski definition) is 3. The van der Waals surface area contributed by atoms with Gasteiger partial charge in [0.25, 0.3) is 0 Å². The fourth-order valence-electron chi connectivity index (χ4n) is 2.29. The Kier molecular flexibility index (Phi) is 2.68. The SMILES string of the molecule is O[C@@H]1C[C@@H](C(F)(F)F)CC2(C1)OCCO2. The molecule has 2 aliphatic rings. The molecule has 2 fully saturated rings. The minimum Gasteiger partial charge on any atom is -0.393 e. The van der Waals surface area contributed by atoms with Crippen molar-refractivity contribution in [1.82, 2.24) is 0 Å². The molecule has 0 amide bonds. The van der Waals surface area contributed by atoms with Gasteiger partial charge in [0, 0.05) is 12.8 Å². The molecule has 1 spiro atoms. The summed E-state index contributed by atoms with van der Waals surface area (Å²) in [5.74, 6) is -2.72. The van der Waals surface area contributed by atoms with E-state index < -0.39 is 24.0 Å². The summed E-state index contributed by atoms with van der Waals surface area (Å²) in [4.78, 5) is 0. The van der Waals surface area contributed by atoms with E-state index in [1.807, 2.05) is 0 Å². The van der Waals surface area contributed by atoms with Crippen molar-refractivity contribution < 1.29 is 27.8 Å². The molecule has 0 aromatic heterocycles. The van der Waals surface area contributed by atoms with Gasteiger partial charge in [0.1, 0.15) is 0 Å². The first-order valence-electron chi connectivity index (χ1n) is 4.94. The molecule has 88 valence electrons. The normalized spacial score (nSPS) is 36.0. The summed E-state index contributed by atoms with van der Waals surface area (Å²) in [5.41, 5.74) is 0. The second-order valence-corrected chi connectivity index (χ2v) is 4.14. The van der Waals surface area contributed by atoms with Crippen molar-refractivity contribution in [2.75, 3.05) is 13.2 Å². The van der Waals surface area contributed by atoms with Crippen molar-refractivity contribution >= 4 is 0 Å². The molecule has 15 heavy (non-hydrogen) atoms. The number of ether oxygens (including phenoxy) is 2. The van der Waals surface area contributed by atoms with E-state index in [-0.39, 0.29) is 19.3 Å². The zero-order valence-electron chi connectivity index (χ0n) is 8.09. The van der Waals surface area contributed by atoms with Crippen LogP contribution in [0.3, 0.4) is 0 Å². The van der Waals surface area contributed by atoms with Crippen LogP contribution in [0.15, 0.2) is 0 Å². The number of aliphatic hydroxyl groups excluding tert-OH is 1. The molecular formula is C9H13F3O3. The van der Waals surface area contributed by atoms with Gasteiger partial charge in [-0.1, -0.05) is 0 Å². The zero-order chi connectivity index (χ0) is 11.1. The van der Waals surface area contributed by atoms with Gasteiger partial charge in [-0.2, -0.15) is 13.2 Å². The van der Waals surface area contributed by atoms with Crippen molar-refractivity contribution in [1.29, 1.82) is 0 Å². The van der Waals surface area contributed by atoms with Crippen molar-refractivity contribution in [3.63, 3.8) is 0 Å². The predicted molar refractivity (Wildman–Crippen MR) is 44.0 cm³/mol. The summed E-state index contributed by atoms with van der Waals surface area (Å²) in [6.07, 6.45) is -5.60. The van der Waals surface area contributed by atoms with Crippen LogP contribution in [0, 0.1) is 5.92 Å². The van der Waals surface area contributed by atoms with Gasteiger partial charge >= 0.3 is 6.18 Å². The maximum atomic E-state index is 12.5. The largest absolute Gasteiger partial charge is 0.393 e. The van der Waals surface area contributed by atoms with Crippen LogP contribution in [-0.4, -0.2) is 36.4 Å². The fraction of sp³-hybridized carbons (Fsp3) is 1.00. The predicted octanol–water partition coefficient (Wildman–Crippen LogP) is 1.45. The Hall–Kier alpha value is -0.330. The smallest absolute Gasteiger partial charge is 0.392 e. The third-order valence-corrected chi connectivity index (χ3v) is 2.94. The van der Waals surface area contributed by atoms with Crippen LogP contribution in [-0.2, 0) is 9.47 Å². The molecule has 6 heteroatoms. The number of halogens is 3. The number of rotatable bonds is 0. The molecule has 1 aliphatic carbocycles. The van der Waals surface area contributed by atoms with Gasteiger partial charge in [-0.3, -0.25) is 0 Å². The summed E-state index contributed by atoms with van der Waals surface area (Å²) < 4.78 is 48.0. The second-order valence-electron chi connectivity index (χ2n) is 4.14. The third kappa shape index (κ3) is 2.26. The average molecular weight is 226 g/mol. The Morgan fingerprint density at radius 2 is 1.73 bits per heavy atom. The minimum atomic E-state index is -4.29. The number of hydrogen-bond donors (Lipinski definition) is 1. The summed E-state index contributed by atoms with van der Waals surface area (Å²) >= 11 is 0. The lowest BCUT2D eigenvalue weighted by Crippen LogP contribution is -2.46. The minimum absolute atomic E-state index is 0.138. The maximum Gasteiger partial charge on any atom is 0.392 e. The lowest BCUT2D eigenvalue weighted by atomic mass is 9.82. The maximum absolute atomic E-state index is 12.5. The number of aliphatic hydroxyl groups is 1. The van der Waals surface area contributed by atoms with Gasteiger partial charge in [-0.05, 0) is 6.42 Å². The molecule has 0 aromatic rings. The Bertz CT molecular complexity index is 235. The Labute approximate surface area is 85.2 Å². The van der Waals surface area contributed by atoms with E-state index >= 15 is 0 Å². The first-order chi connectivity index (χ1) is 6.91. The Morgan fingerprint density at radius 1 is 1.13 bits per heavy atom. The van der Waals surface area contributed by atoms with Gasteiger partial charge < -0.3 is 14.6 Å². The molecule has 1 heterocycles. The van der Waals surface area contributed by atoms with Gasteiger partial charge in [0.05, 0.1) is 25.2 Å². The van der Waals surface area contributed by atoms with Gasteiger partial charge in [0.2, 0.25) is 0 Å². The molecule has 0 aromatic carbocycles. The molecule has 0 unspecified atom stereocenters. The standard InChI is InChI=1S/C9H13F3O3/c10-9(11,12)6-3-7(13)5-8(4-6)14-1-2-15-8/h6-7,13H,1-5H2/t6-,7-/m1/s1. The average Bonchev–Trinajstić information content (AvgIpc) is 2.50. The van der Waals surface area contributed by atoms with E-state index in [0.29, 0.717) is 13.2 Å². The molecule has 1 N–H and O–H groups in total. The van der Waals surface area contributed by atoms with E-state index in [9.17, 15) is 18.3 Å². The van der Waals surface area contributed by atoms with Gasteiger partial charge in [-0.25, -0.2) is 0 Å². The van der Waals surface area contributed by atoms with Crippen molar-refractivity contribution in [2.45, 2.75) is 37.3 Å². The molecule has 3 nitrogen and oxygen atoms in total. The quantitative estimate of drug-likeness (QED) is 0.679. The van der Waals surface area contributed by atoms with Crippen molar-refractivity contribution in [3.8, 4) is 0 Å². The van der Waals surface area contributed by atoms with Gasteiger partial charge in [-0.15, -0.1) is 0 Å². The third-order valence-electron chi connectivity index (χ3n) is 2.94. The van der Waals surface area contributed by atoms with Crippen LogP contribution in [0.4, 0.5) is 13.2 Å². The molecule has 0 radical (unpaired) electrons. The van der Waals surface area contributed by atoms with Crippen LogP contribution in [0.1, 0.15) is 19.3 Å². The fourth-order valence-corrected chi connectivity index (χ4v) is 2.29. The van der Waals surface area contributed by atoms with E-state index in [0.717, 1.165) is 0 Å². The summed E-state index contributed by atoms with van der Waals surface area (Å²) in [6.45, 7) is 0.606. The van der Waals surface area contributed by atoms with E-state index in [4.69, 9.17) is 9.47 Å². The summed E-state index contributed by atoms with van der Waals surface area (Å²) in [7, 11) is 0. The second kappa shape index (κ2) is 3.61. The highest BCUT2D eigenvalue weighted by molar-refractivity contribution is 4.90. The van der Waals surface area contributed by atoms with Crippen molar-refractivity contribution in [3.05, 3.63) is 0 Å². The molecule has 2 atom stereocenters. The number of alkyl halides is 3. The highest BCUT2D eigenvalue weighted by Gasteiger charge is 2.52. The highest BCUT2D eigenvalue weighted by Crippen LogP contribution is 2.45. The van der Waals surface area contributed by atoms with Crippen LogP contribution in [0.5, 0.6) is 0 Å². The molecule has 2 rings (SSSR count). The zero-order valence-corrected chi connectivity index (χ0v) is 8.09. The van der Waals surface area contributed by atoms with Crippen LogP contribution in [0.25, 0.3) is 0 Å². The highest BCUT2D eigenvalue weighted by atomic mass is 19.4. The topological polar surface area (TPSA) is 38.7 Å². The first-order valence-corrected chi connectivity index (χ1v) is 4.94. The molecule has 1 saturated carbocycles. The molecule has 1 aliphatic heterocycles. The van der Waals surface area contributed by atoms with Crippen LogP contribution in [0.2, 0.25) is 0 Å². The molecular weight excluding hydrogens is 213 g/mol. The molecule has 0 bridgehead atoms. The monoisotopic (exact) mass is 226 g/mol. The lowest BCUT2D eigenvalue weighted by Gasteiger charge is -2.39. The Balaban J connectivity index is 2.10. The van der Waals surface area contributed by atoms with E-state index in [2.05, 4.69) is 0 Å². The first kappa shape index (κ1) is 11.2. The van der Waals surface area contributed by atoms with E-state index in [1.165, 1.54) is 0 Å².